The van der Waals surface area contributed by atoms with Crippen molar-refractivity contribution in [3.63, 3.8) is 0 Å². The van der Waals surface area contributed by atoms with Crippen LogP contribution in [0.2, 0.25) is 0 Å². The number of allylic oxidation sites excluding steroid dienone is 1. The molecule has 0 atom stereocenters. The molecule has 0 unspecified atom stereocenters. The Hall–Kier alpha value is -1.32. The van der Waals surface area contributed by atoms with Crippen LogP contribution in [0.4, 0.5) is 0 Å². The molecule has 0 saturated carbocycles. The zero-order chi connectivity index (χ0) is 9.56. The maximum Gasteiger partial charge on any atom is 0.333 e. The predicted molar refractivity (Wildman–Crippen MR) is 42.6 cm³/mol. The first-order chi connectivity index (χ1) is 5.57. The zero-order valence-corrected chi connectivity index (χ0v) is 7.16. The highest BCUT2D eigenvalue weighted by molar-refractivity contribution is 5.89. The Morgan fingerprint density at radius 2 is 2.00 bits per heavy atom. The number of aliphatic carboxylic acids is 1. The fourth-order valence-electron chi connectivity index (χ4n) is 0.605. The molecule has 1 N–H and O–H groups in total. The fourth-order valence-corrected chi connectivity index (χ4v) is 0.605. The van der Waals surface area contributed by atoms with Crippen molar-refractivity contribution < 1.29 is 19.4 Å². The number of carboxylic acids is 1. The van der Waals surface area contributed by atoms with Crippen LogP contribution in [0.3, 0.4) is 0 Å². The number of hydrogen-bond donors (Lipinski definition) is 1. The quantitative estimate of drug-likeness (QED) is 0.598. The molecule has 0 aromatic heterocycles. The summed E-state index contributed by atoms with van der Waals surface area (Å²) >= 11 is 0. The molecule has 0 amide bonds. The molecule has 4 nitrogen and oxygen atoms in total. The van der Waals surface area contributed by atoms with E-state index in [0.717, 1.165) is 25.3 Å². The van der Waals surface area contributed by atoms with Gasteiger partial charge in [0.25, 0.3) is 5.97 Å². The van der Waals surface area contributed by atoms with Crippen molar-refractivity contribution in [1.29, 1.82) is 0 Å². The minimum Gasteiger partial charge on any atom is -0.481 e. The molecule has 0 heterocycles. The van der Waals surface area contributed by atoms with Gasteiger partial charge in [0.05, 0.1) is 7.11 Å². The summed E-state index contributed by atoms with van der Waals surface area (Å²) in [7, 11) is 1.40. The van der Waals surface area contributed by atoms with Gasteiger partial charge in [-0.1, -0.05) is 6.08 Å². The largest absolute Gasteiger partial charge is 0.481 e. The second-order valence-corrected chi connectivity index (χ2v) is 2.28. The SMILES string of the molecule is CC(=O)O.COC(=O)C1=CCC1. The lowest BCUT2D eigenvalue weighted by Crippen LogP contribution is -2.09. The van der Waals surface area contributed by atoms with Crippen molar-refractivity contribution in [1.82, 2.24) is 0 Å². The van der Waals surface area contributed by atoms with Crippen LogP contribution in [0.15, 0.2) is 11.6 Å². The lowest BCUT2D eigenvalue weighted by atomic mass is 10.00. The number of carbonyl (C=O) groups excluding carboxylic acids is 1. The van der Waals surface area contributed by atoms with Crippen LogP contribution in [0.1, 0.15) is 19.8 Å². The summed E-state index contributed by atoms with van der Waals surface area (Å²) in [6.07, 6.45) is 3.82. The van der Waals surface area contributed by atoms with E-state index in [0.29, 0.717) is 0 Å². The number of methoxy groups -OCH3 is 1. The first-order valence-corrected chi connectivity index (χ1v) is 3.54. The van der Waals surface area contributed by atoms with Crippen LogP contribution in [-0.2, 0) is 14.3 Å². The minimum absolute atomic E-state index is 0.170. The first-order valence-electron chi connectivity index (χ1n) is 3.54. The van der Waals surface area contributed by atoms with E-state index < -0.39 is 5.97 Å². The third-order valence-electron chi connectivity index (χ3n) is 1.25. The van der Waals surface area contributed by atoms with Crippen molar-refractivity contribution in [2.24, 2.45) is 0 Å². The second kappa shape index (κ2) is 5.35. The molecule has 1 aliphatic rings. The van der Waals surface area contributed by atoms with E-state index in [2.05, 4.69) is 4.74 Å². The molecule has 4 heteroatoms. The van der Waals surface area contributed by atoms with Crippen LogP contribution in [0.25, 0.3) is 0 Å². The van der Waals surface area contributed by atoms with Crippen molar-refractivity contribution in [3.05, 3.63) is 11.6 Å². The molecule has 12 heavy (non-hydrogen) atoms. The molecular formula is C8H12O4. The Balaban J connectivity index is 0.000000261. The number of carbonyl (C=O) groups is 2. The fraction of sp³-hybridized carbons (Fsp3) is 0.500. The molecular weight excluding hydrogens is 160 g/mol. The van der Waals surface area contributed by atoms with Gasteiger partial charge in [0, 0.05) is 12.5 Å². The van der Waals surface area contributed by atoms with Gasteiger partial charge >= 0.3 is 5.97 Å². The average molecular weight is 172 g/mol. The average Bonchev–Trinajstić information content (AvgIpc) is 1.82. The summed E-state index contributed by atoms with van der Waals surface area (Å²) in [4.78, 5) is 19.5. The standard InChI is InChI=1S/C6H8O2.C2H4O2/c1-8-6(7)5-3-2-4-5;1-2(3)4/h3H,2,4H2,1H3;1H3,(H,3,4). The summed E-state index contributed by atoms with van der Waals surface area (Å²) < 4.78 is 4.45. The molecule has 0 saturated heterocycles. The maximum atomic E-state index is 10.5. The molecule has 1 aliphatic carbocycles. The molecule has 1 rings (SSSR count). The van der Waals surface area contributed by atoms with Gasteiger partial charge in [-0.25, -0.2) is 4.79 Å². The molecule has 0 aromatic rings. The van der Waals surface area contributed by atoms with Crippen LogP contribution in [0, 0.1) is 0 Å². The van der Waals surface area contributed by atoms with E-state index in [9.17, 15) is 4.79 Å². The highest BCUT2D eigenvalue weighted by Gasteiger charge is 2.13. The normalized spacial score (nSPS) is 13.0. The van der Waals surface area contributed by atoms with E-state index in [4.69, 9.17) is 9.90 Å². The number of hydrogen-bond acceptors (Lipinski definition) is 3. The van der Waals surface area contributed by atoms with Gasteiger partial charge in [-0.3, -0.25) is 4.79 Å². The Bertz CT molecular complexity index is 201. The monoisotopic (exact) mass is 172 g/mol. The summed E-state index contributed by atoms with van der Waals surface area (Å²) in [6.45, 7) is 1.08. The number of carboxylic acid groups (broad SMARTS) is 1. The zero-order valence-electron chi connectivity index (χ0n) is 7.16. The maximum absolute atomic E-state index is 10.5. The highest BCUT2D eigenvalue weighted by atomic mass is 16.5. The highest BCUT2D eigenvalue weighted by Crippen LogP contribution is 2.18. The Labute approximate surface area is 70.8 Å². The van der Waals surface area contributed by atoms with Gasteiger partial charge in [-0.05, 0) is 12.8 Å². The third kappa shape index (κ3) is 4.49. The van der Waals surface area contributed by atoms with E-state index >= 15 is 0 Å². The van der Waals surface area contributed by atoms with Gasteiger partial charge in [0.15, 0.2) is 0 Å². The molecule has 0 fully saturated rings. The van der Waals surface area contributed by atoms with E-state index in [-0.39, 0.29) is 5.97 Å². The number of rotatable bonds is 1. The smallest absolute Gasteiger partial charge is 0.333 e. The Morgan fingerprint density at radius 3 is 2.08 bits per heavy atom. The van der Waals surface area contributed by atoms with E-state index in [1.165, 1.54) is 7.11 Å². The van der Waals surface area contributed by atoms with Crippen LogP contribution in [0.5, 0.6) is 0 Å². The lowest BCUT2D eigenvalue weighted by molar-refractivity contribution is -0.136. The van der Waals surface area contributed by atoms with Crippen LogP contribution in [-0.4, -0.2) is 24.2 Å². The third-order valence-corrected chi connectivity index (χ3v) is 1.25. The molecule has 68 valence electrons. The molecule has 0 radical (unpaired) electrons. The predicted octanol–water partition coefficient (Wildman–Crippen LogP) is 0.970. The summed E-state index contributed by atoms with van der Waals surface area (Å²) in [5.74, 6) is -1.00. The van der Waals surface area contributed by atoms with Gasteiger partial charge in [-0.15, -0.1) is 0 Å². The van der Waals surface area contributed by atoms with Crippen molar-refractivity contribution in [3.8, 4) is 0 Å². The molecule has 0 aromatic carbocycles. The van der Waals surface area contributed by atoms with Gasteiger partial charge in [0.1, 0.15) is 0 Å². The number of ether oxygens (including phenoxy) is 1. The lowest BCUT2D eigenvalue weighted by Gasteiger charge is -2.09. The molecule has 0 aliphatic heterocycles. The second-order valence-electron chi connectivity index (χ2n) is 2.28. The summed E-state index contributed by atoms with van der Waals surface area (Å²) in [6, 6.07) is 0. The van der Waals surface area contributed by atoms with E-state index in [1.807, 2.05) is 6.08 Å². The Kier molecular flexibility index (Phi) is 4.76. The van der Waals surface area contributed by atoms with Gasteiger partial charge in [-0.2, -0.15) is 0 Å². The summed E-state index contributed by atoms with van der Waals surface area (Å²) in [5, 5.41) is 7.42. The van der Waals surface area contributed by atoms with Crippen molar-refractivity contribution >= 4 is 11.9 Å². The van der Waals surface area contributed by atoms with E-state index in [1.54, 1.807) is 0 Å². The molecule has 0 spiro atoms. The molecule has 0 bridgehead atoms. The summed E-state index contributed by atoms with van der Waals surface area (Å²) in [5.41, 5.74) is 0.826. The minimum atomic E-state index is -0.833. The van der Waals surface area contributed by atoms with Crippen LogP contribution < -0.4 is 0 Å². The topological polar surface area (TPSA) is 63.6 Å². The number of esters is 1. The van der Waals surface area contributed by atoms with Gasteiger partial charge < -0.3 is 9.84 Å². The first kappa shape index (κ1) is 10.7. The van der Waals surface area contributed by atoms with Crippen molar-refractivity contribution in [2.75, 3.05) is 7.11 Å². The van der Waals surface area contributed by atoms with Crippen LogP contribution >= 0.6 is 0 Å². The van der Waals surface area contributed by atoms with Gasteiger partial charge in [0.2, 0.25) is 0 Å². The van der Waals surface area contributed by atoms with Crippen molar-refractivity contribution in [2.45, 2.75) is 19.8 Å². The Morgan fingerprint density at radius 1 is 1.58 bits per heavy atom.